The second kappa shape index (κ2) is 8.50. The van der Waals surface area contributed by atoms with Gasteiger partial charge in [0, 0.05) is 0 Å². The molecular weight excluding hydrogens is 242 g/mol. The summed E-state index contributed by atoms with van der Waals surface area (Å²) in [5.41, 5.74) is 0. The highest BCUT2D eigenvalue weighted by molar-refractivity contribution is 6.88. The van der Waals surface area contributed by atoms with Gasteiger partial charge in [-0.2, -0.15) is 0 Å². The molecule has 0 amide bonds. The lowest BCUT2D eigenvalue weighted by Crippen LogP contribution is -2.48. The summed E-state index contributed by atoms with van der Waals surface area (Å²) in [5.74, 6) is 0.324. The third-order valence-corrected chi connectivity index (χ3v) is 15.5. The van der Waals surface area contributed by atoms with E-state index in [2.05, 4.69) is 27.7 Å². The highest BCUT2D eigenvalue weighted by Crippen LogP contribution is 2.43. The zero-order valence-electron chi connectivity index (χ0n) is 12.1. The number of aldehydes is 1. The van der Waals surface area contributed by atoms with Crippen LogP contribution in [0.3, 0.4) is 0 Å². The molecule has 2 nitrogen and oxygen atoms in total. The standard InChI is InChI=1S/C5H6O2.4C2H5.2Al/c1-5(7)3-2-4-6;4*1-2;;/h4H,2H2,1H3;4*1H2,2H3;;. The van der Waals surface area contributed by atoms with Crippen molar-refractivity contribution in [1.82, 2.24) is 0 Å². The van der Waals surface area contributed by atoms with Crippen molar-refractivity contribution < 1.29 is 9.59 Å². The van der Waals surface area contributed by atoms with Gasteiger partial charge in [0.2, 0.25) is 0 Å². The molecule has 0 aromatic carbocycles. The van der Waals surface area contributed by atoms with Crippen LogP contribution in [0.5, 0.6) is 0 Å². The van der Waals surface area contributed by atoms with Crippen LogP contribution in [0.2, 0.25) is 24.3 Å². The van der Waals surface area contributed by atoms with Gasteiger partial charge < -0.3 is 9.59 Å². The third-order valence-electron chi connectivity index (χ3n) is 4.50. The van der Waals surface area contributed by atoms with E-state index in [1.54, 1.807) is 6.92 Å². The van der Waals surface area contributed by atoms with E-state index in [1.165, 1.54) is 0 Å². The first-order valence-electron chi connectivity index (χ1n) is 6.99. The summed E-state index contributed by atoms with van der Waals surface area (Å²) in [7, 11) is 0. The molecule has 0 bridgehead atoms. The summed E-state index contributed by atoms with van der Waals surface area (Å²) in [4.78, 5) is 23.4. The van der Waals surface area contributed by atoms with Crippen molar-refractivity contribution in [2.24, 2.45) is 0 Å². The quantitative estimate of drug-likeness (QED) is 0.473. The van der Waals surface area contributed by atoms with Crippen molar-refractivity contribution in [2.45, 2.75) is 65.3 Å². The van der Waals surface area contributed by atoms with Gasteiger partial charge in [-0.15, -0.1) is 0 Å². The van der Waals surface area contributed by atoms with Crippen LogP contribution in [0, 0.1) is 0 Å². The molecule has 0 rings (SSSR count). The monoisotopic (exact) mass is 268 g/mol. The third kappa shape index (κ3) is 3.68. The second-order valence-electron chi connectivity index (χ2n) is 4.99. The number of hydrogen-bond donors (Lipinski definition) is 0. The molecule has 0 fully saturated rings. The Bertz CT molecular complexity index is 234. The number of Topliss-reactive ketones (excluding diaryl/α,β-unsaturated/α-hetero) is 1. The second-order valence-corrected chi connectivity index (χ2v) is 13.8. The lowest BCUT2D eigenvalue weighted by Gasteiger charge is -2.38. The molecule has 0 N–H and O–H groups in total. The maximum Gasteiger partial charge on any atom is 0.263 e. The molecule has 0 aromatic rings. The van der Waals surface area contributed by atoms with Gasteiger partial charge in [-0.3, -0.25) is 0 Å². The Morgan fingerprint density at radius 1 is 1.00 bits per heavy atom. The minimum Gasteiger partial charge on any atom is -0.303 e. The predicted octanol–water partition coefficient (Wildman–Crippen LogP) is 3.51. The minimum absolute atomic E-state index is 0.144. The number of carbonyl (C=O) groups is 2. The topological polar surface area (TPSA) is 34.1 Å². The van der Waals surface area contributed by atoms with Gasteiger partial charge in [-0.05, 0) is 16.5 Å². The lowest BCUT2D eigenvalue weighted by atomic mass is 10.2. The van der Waals surface area contributed by atoms with Crippen LogP contribution in [-0.2, 0) is 9.59 Å². The van der Waals surface area contributed by atoms with Gasteiger partial charge in [-0.25, -0.2) is 0 Å². The Kier molecular flexibility index (Phi) is 8.70. The fourth-order valence-corrected chi connectivity index (χ4v) is 15.1. The fourth-order valence-electron chi connectivity index (χ4n) is 3.56. The summed E-state index contributed by atoms with van der Waals surface area (Å²) in [6, 6.07) is 0. The van der Waals surface area contributed by atoms with E-state index in [0.29, 0.717) is 12.2 Å². The van der Waals surface area contributed by atoms with Crippen LogP contribution in [0.1, 0.15) is 41.0 Å². The largest absolute Gasteiger partial charge is 0.303 e. The molecule has 0 aliphatic heterocycles. The van der Waals surface area contributed by atoms with Crippen molar-refractivity contribution in [1.29, 1.82) is 0 Å². The average Bonchev–Trinajstić information content (AvgIpc) is 2.31. The minimum atomic E-state index is -1.13. The summed E-state index contributed by atoms with van der Waals surface area (Å²) in [6.45, 7) is 10.6. The molecule has 0 unspecified atom stereocenters. The van der Waals surface area contributed by atoms with Gasteiger partial charge >= 0.3 is 0 Å². The van der Waals surface area contributed by atoms with Crippen LogP contribution < -0.4 is 0 Å². The van der Waals surface area contributed by atoms with Gasteiger partial charge in [0.15, 0.2) is 0 Å². The molecule has 0 heterocycles. The number of hydrogen-bond acceptors (Lipinski definition) is 2. The Labute approximate surface area is 115 Å². The summed E-state index contributed by atoms with van der Waals surface area (Å²) >= 11 is -2.26. The van der Waals surface area contributed by atoms with Gasteiger partial charge in [0.25, 0.3) is 28.3 Å². The maximum absolute atomic E-state index is 12.3. The highest BCUT2D eigenvalue weighted by Gasteiger charge is 2.51. The predicted molar refractivity (Wildman–Crippen MR) is 77.5 cm³/mol. The molecule has 0 atom stereocenters. The van der Waals surface area contributed by atoms with E-state index >= 15 is 0 Å². The highest BCUT2D eigenvalue weighted by atomic mass is 27.2. The molecule has 96 valence electrons. The smallest absolute Gasteiger partial charge is 0.263 e. The molecule has 4 heteroatoms. The zero-order chi connectivity index (χ0) is 13.5. The Balaban J connectivity index is 5.53. The molecular formula is C13H26Al2O2. The van der Waals surface area contributed by atoms with E-state index in [9.17, 15) is 9.59 Å². The van der Waals surface area contributed by atoms with E-state index in [4.69, 9.17) is 0 Å². The number of rotatable bonds is 9. The van der Waals surface area contributed by atoms with Crippen LogP contribution in [0.15, 0.2) is 0 Å². The van der Waals surface area contributed by atoms with Crippen LogP contribution in [-0.4, -0.2) is 40.4 Å². The van der Waals surface area contributed by atoms with Crippen molar-refractivity contribution in [3.63, 3.8) is 0 Å². The Morgan fingerprint density at radius 3 is 1.53 bits per heavy atom. The van der Waals surface area contributed by atoms with Gasteiger partial charge in [0.1, 0.15) is 12.1 Å². The lowest BCUT2D eigenvalue weighted by molar-refractivity contribution is -0.120. The van der Waals surface area contributed by atoms with Crippen molar-refractivity contribution in [3.05, 3.63) is 0 Å². The molecule has 0 aromatic heterocycles. The van der Waals surface area contributed by atoms with Crippen molar-refractivity contribution in [3.8, 4) is 0 Å². The normalized spacial score (nSPS) is 11.1. The maximum atomic E-state index is 12.3. The average molecular weight is 268 g/mol. The van der Waals surface area contributed by atoms with Crippen LogP contribution >= 0.6 is 0 Å². The molecule has 0 saturated carbocycles. The Morgan fingerprint density at radius 2 is 1.35 bits per heavy atom. The van der Waals surface area contributed by atoms with E-state index in [1.807, 2.05) is 0 Å². The molecule has 0 saturated heterocycles. The summed E-state index contributed by atoms with van der Waals surface area (Å²) in [6.07, 6.45) is 1.53. The number of ketones is 1. The molecule has 0 radical (unpaired) electrons. The summed E-state index contributed by atoms with van der Waals surface area (Å²) < 4.78 is -0.144. The molecule has 0 aliphatic carbocycles. The first-order chi connectivity index (χ1) is 8.04. The molecule has 17 heavy (non-hydrogen) atoms. The van der Waals surface area contributed by atoms with E-state index in [0.717, 1.165) is 27.4 Å². The van der Waals surface area contributed by atoms with Gasteiger partial charge in [0.05, 0.1) is 0 Å². The van der Waals surface area contributed by atoms with E-state index in [-0.39, 0.29) is 3.14 Å². The zero-order valence-corrected chi connectivity index (χ0v) is 14.4. The first-order valence-corrected chi connectivity index (χ1v) is 11.4. The summed E-state index contributed by atoms with van der Waals surface area (Å²) in [5, 5.41) is 4.58. The SMILES string of the molecule is C[CH2][Al]([CH2]C)[C](CC=O)(C(C)=O)[Al]([CH2]C)[CH2]C. The van der Waals surface area contributed by atoms with Crippen LogP contribution in [0.25, 0.3) is 0 Å². The number of carbonyl (C=O) groups excluding carboxylic acids is 2. The van der Waals surface area contributed by atoms with Crippen molar-refractivity contribution >= 4 is 40.4 Å². The first kappa shape index (κ1) is 17.4. The molecule has 0 spiro atoms. The Hall–Kier alpha value is 0.405. The van der Waals surface area contributed by atoms with Crippen molar-refractivity contribution in [2.75, 3.05) is 0 Å². The fraction of sp³-hybridized carbons (Fsp3) is 0.846. The van der Waals surface area contributed by atoms with E-state index < -0.39 is 28.3 Å². The molecule has 0 aliphatic rings. The van der Waals surface area contributed by atoms with Gasteiger partial charge in [-0.1, -0.05) is 48.8 Å². The van der Waals surface area contributed by atoms with Crippen LogP contribution in [0.4, 0.5) is 0 Å².